The minimum absolute atomic E-state index is 0.0865. The Morgan fingerprint density at radius 2 is 1.33 bits per heavy atom. The van der Waals surface area contributed by atoms with Gasteiger partial charge in [0.2, 0.25) is 0 Å². The van der Waals surface area contributed by atoms with Crippen LogP contribution in [0.4, 0.5) is 39.8 Å². The summed E-state index contributed by atoms with van der Waals surface area (Å²) in [6.07, 6.45) is 17.2. The average molecular weight is 864 g/mol. The lowest BCUT2D eigenvalue weighted by Crippen LogP contribution is -2.30. The number of rotatable bonds is 8. The molecule has 3 aliphatic carbocycles. The molecule has 3 atom stereocenters. The third-order valence-corrected chi connectivity index (χ3v) is 14.6. The van der Waals surface area contributed by atoms with Crippen LogP contribution in [0.15, 0.2) is 235 Å². The third kappa shape index (κ3) is 6.35. The Kier molecular flexibility index (Phi) is 9.11. The first-order valence-electron chi connectivity index (χ1n) is 23.6. The second-order valence-corrected chi connectivity index (χ2v) is 18.8. The molecule has 0 bridgehead atoms. The number of nitrogens with zero attached hydrogens (tertiary/aromatic N) is 3. The van der Waals surface area contributed by atoms with Gasteiger partial charge in [-0.05, 0) is 118 Å². The summed E-state index contributed by atoms with van der Waals surface area (Å²) >= 11 is 0. The highest BCUT2D eigenvalue weighted by Gasteiger charge is 2.39. The number of para-hydroxylation sites is 5. The second kappa shape index (κ2) is 15.5. The van der Waals surface area contributed by atoms with Gasteiger partial charge in [-0.2, -0.15) is 0 Å². The summed E-state index contributed by atoms with van der Waals surface area (Å²) in [6, 6.07) is 69.0. The molecule has 0 fully saturated rings. The summed E-state index contributed by atoms with van der Waals surface area (Å²) in [4.78, 5) is 7.48. The predicted molar refractivity (Wildman–Crippen MR) is 280 cm³/mol. The molecule has 4 heteroatoms. The van der Waals surface area contributed by atoms with Crippen LogP contribution in [-0.4, -0.2) is 12.1 Å². The fourth-order valence-corrected chi connectivity index (χ4v) is 11.5. The SMILES string of the molecule is CC1(C)c2ccccc2-c2ccc(N(c3cc(C4=CC5c6ccccc6N(c6ccccc6)C5C=C4)cc(N(c4ccccc4)c4cccc5c4oc4ccccc45)c3)C3C=CC=CC3)cc21. The summed E-state index contributed by atoms with van der Waals surface area (Å²) in [7, 11) is 0. The van der Waals surface area contributed by atoms with Gasteiger partial charge in [0.1, 0.15) is 5.58 Å². The molecule has 0 saturated carbocycles. The van der Waals surface area contributed by atoms with Gasteiger partial charge in [0.25, 0.3) is 0 Å². The maximum absolute atomic E-state index is 6.82. The highest BCUT2D eigenvalue weighted by molar-refractivity contribution is 6.10. The van der Waals surface area contributed by atoms with Gasteiger partial charge >= 0.3 is 0 Å². The summed E-state index contributed by atoms with van der Waals surface area (Å²) < 4.78 is 6.82. The number of allylic oxidation sites excluding steroid dienone is 4. The first-order chi connectivity index (χ1) is 33.0. The van der Waals surface area contributed by atoms with Crippen LogP contribution in [0.5, 0.6) is 0 Å². The lowest BCUT2D eigenvalue weighted by molar-refractivity contribution is 0.659. The molecule has 0 N–H and O–H groups in total. The van der Waals surface area contributed by atoms with Crippen LogP contribution in [0.1, 0.15) is 48.4 Å². The predicted octanol–water partition coefficient (Wildman–Crippen LogP) is 16.6. The van der Waals surface area contributed by atoms with E-state index in [2.05, 4.69) is 259 Å². The van der Waals surface area contributed by atoms with Gasteiger partial charge in [0.15, 0.2) is 5.58 Å². The Morgan fingerprint density at radius 1 is 0.582 bits per heavy atom. The standard InChI is InChI=1S/C63H49N3O/c1-63(2)56-29-15-12-25-50(56)51-35-34-47(41-57(51)63)64(44-19-6-3-7-20-44)48-37-43(42-33-36-59-55(39-42)52-26-13-16-30-58(52)66(59)46-23-10-5-11-24-46)38-49(40-48)65(45-21-8-4-9-22-45)60-31-18-28-54-53-27-14-17-32-61(53)67-62(54)60/h3-19,21-41,44,55,59H,20H2,1-2H3. The van der Waals surface area contributed by atoms with E-state index in [1.165, 1.54) is 50.5 Å². The van der Waals surface area contributed by atoms with Crippen molar-refractivity contribution >= 4 is 67.3 Å². The van der Waals surface area contributed by atoms with Gasteiger partial charge in [-0.3, -0.25) is 0 Å². The summed E-state index contributed by atoms with van der Waals surface area (Å²) in [5, 5.41) is 2.21. The molecule has 67 heavy (non-hydrogen) atoms. The number of hydrogen-bond donors (Lipinski definition) is 0. The topological polar surface area (TPSA) is 22.9 Å². The first-order valence-corrected chi connectivity index (χ1v) is 23.6. The van der Waals surface area contributed by atoms with Crippen molar-refractivity contribution in [2.24, 2.45) is 0 Å². The molecule has 1 aromatic heterocycles. The maximum atomic E-state index is 6.82. The van der Waals surface area contributed by atoms with Crippen LogP contribution >= 0.6 is 0 Å². The van der Waals surface area contributed by atoms with Crippen LogP contribution < -0.4 is 14.7 Å². The van der Waals surface area contributed by atoms with Gasteiger partial charge in [-0.25, -0.2) is 0 Å². The molecule has 8 aromatic carbocycles. The molecule has 0 saturated heterocycles. The van der Waals surface area contributed by atoms with Crippen molar-refractivity contribution in [2.45, 2.75) is 43.7 Å². The highest BCUT2D eigenvalue weighted by Crippen LogP contribution is 2.53. The average Bonchev–Trinajstić information content (AvgIpc) is 4.00. The van der Waals surface area contributed by atoms with Gasteiger partial charge < -0.3 is 19.1 Å². The summed E-state index contributed by atoms with van der Waals surface area (Å²) in [5.74, 6) is 0.168. The van der Waals surface area contributed by atoms with Crippen LogP contribution in [0.2, 0.25) is 0 Å². The van der Waals surface area contributed by atoms with Crippen LogP contribution in [0.3, 0.4) is 0 Å². The Labute approximate surface area is 392 Å². The molecular weight excluding hydrogens is 815 g/mol. The molecule has 4 aliphatic rings. The maximum Gasteiger partial charge on any atom is 0.159 e. The summed E-state index contributed by atoms with van der Waals surface area (Å²) in [6.45, 7) is 4.75. The highest BCUT2D eigenvalue weighted by atomic mass is 16.3. The quantitative estimate of drug-likeness (QED) is 0.152. The van der Waals surface area contributed by atoms with E-state index in [9.17, 15) is 0 Å². The lowest BCUT2D eigenvalue weighted by Gasteiger charge is -2.35. The van der Waals surface area contributed by atoms with E-state index in [1.54, 1.807) is 0 Å². The zero-order valence-electron chi connectivity index (χ0n) is 37.6. The van der Waals surface area contributed by atoms with E-state index in [1.807, 2.05) is 0 Å². The Hall–Kier alpha value is -8.08. The molecule has 4 nitrogen and oxygen atoms in total. The first kappa shape index (κ1) is 39.3. The molecule has 1 aliphatic heterocycles. The van der Waals surface area contributed by atoms with Crippen molar-refractivity contribution in [1.29, 1.82) is 0 Å². The second-order valence-electron chi connectivity index (χ2n) is 18.8. The van der Waals surface area contributed by atoms with E-state index in [0.717, 1.165) is 56.7 Å². The summed E-state index contributed by atoms with van der Waals surface area (Å²) in [5.41, 5.74) is 18.6. The molecule has 13 rings (SSSR count). The van der Waals surface area contributed by atoms with Crippen LogP contribution in [0, 0.1) is 0 Å². The molecule has 2 heterocycles. The van der Waals surface area contributed by atoms with Crippen molar-refractivity contribution in [2.75, 3.05) is 14.7 Å². The van der Waals surface area contributed by atoms with E-state index in [4.69, 9.17) is 4.42 Å². The number of hydrogen-bond acceptors (Lipinski definition) is 4. The minimum Gasteiger partial charge on any atom is -0.454 e. The monoisotopic (exact) mass is 863 g/mol. The van der Waals surface area contributed by atoms with E-state index < -0.39 is 0 Å². The third-order valence-electron chi connectivity index (χ3n) is 14.6. The molecule has 9 aromatic rings. The van der Waals surface area contributed by atoms with Gasteiger partial charge in [-0.1, -0.05) is 172 Å². The van der Waals surface area contributed by atoms with E-state index in [-0.39, 0.29) is 23.4 Å². The fraction of sp³-hybridized carbons (Fsp3) is 0.111. The molecule has 0 radical (unpaired) electrons. The number of fused-ring (bicyclic) bond motifs is 9. The van der Waals surface area contributed by atoms with Gasteiger partial charge in [0, 0.05) is 56.2 Å². The normalized spacial score (nSPS) is 18.4. The van der Waals surface area contributed by atoms with Crippen molar-refractivity contribution in [3.63, 3.8) is 0 Å². The zero-order chi connectivity index (χ0) is 44.6. The molecule has 322 valence electrons. The minimum atomic E-state index is -0.141. The van der Waals surface area contributed by atoms with Crippen LogP contribution in [0.25, 0.3) is 38.6 Å². The van der Waals surface area contributed by atoms with Crippen molar-refractivity contribution < 1.29 is 4.42 Å². The van der Waals surface area contributed by atoms with Crippen molar-refractivity contribution in [3.8, 4) is 11.1 Å². The largest absolute Gasteiger partial charge is 0.454 e. The number of furan rings is 1. The van der Waals surface area contributed by atoms with E-state index in [0.29, 0.717) is 0 Å². The Morgan fingerprint density at radius 3 is 2.19 bits per heavy atom. The van der Waals surface area contributed by atoms with Crippen molar-refractivity contribution in [3.05, 3.63) is 253 Å². The molecule has 0 amide bonds. The van der Waals surface area contributed by atoms with Crippen molar-refractivity contribution in [1.82, 2.24) is 0 Å². The Balaban J connectivity index is 1.04. The van der Waals surface area contributed by atoms with Crippen LogP contribution in [-0.2, 0) is 5.41 Å². The number of anilines is 7. The smallest absolute Gasteiger partial charge is 0.159 e. The zero-order valence-corrected chi connectivity index (χ0v) is 37.6. The van der Waals surface area contributed by atoms with Gasteiger partial charge in [-0.15, -0.1) is 0 Å². The lowest BCUT2D eigenvalue weighted by atomic mass is 9.82. The molecule has 3 unspecified atom stereocenters. The number of benzene rings is 8. The fourth-order valence-electron chi connectivity index (χ4n) is 11.5. The van der Waals surface area contributed by atoms with E-state index >= 15 is 0 Å². The molecular formula is C63H49N3O. The van der Waals surface area contributed by atoms with Gasteiger partial charge in [0.05, 0.1) is 17.8 Å². The Bertz CT molecular complexity index is 3520. The molecule has 0 spiro atoms.